The summed E-state index contributed by atoms with van der Waals surface area (Å²) >= 11 is 5.92. The molecular weight excluding hydrogens is 310 g/mol. The minimum absolute atomic E-state index is 0.0124. The molecule has 0 bridgehead atoms. The molecule has 108 valence electrons. The highest BCUT2D eigenvalue weighted by atomic mass is 35.5. The number of nitrogens with one attached hydrogen (secondary N) is 1. The highest BCUT2D eigenvalue weighted by Crippen LogP contribution is 2.26. The Morgan fingerprint density at radius 1 is 1.24 bits per heavy atom. The Hall–Kier alpha value is -2.23. The second-order valence-electron chi connectivity index (χ2n) is 4.43. The lowest BCUT2D eigenvalue weighted by Crippen LogP contribution is -2.13. The fourth-order valence-electron chi connectivity index (χ4n) is 1.70. The average molecular weight is 322 g/mol. The van der Waals surface area contributed by atoms with Gasteiger partial charge in [-0.3, -0.25) is 4.72 Å². The van der Waals surface area contributed by atoms with Crippen LogP contribution in [0.5, 0.6) is 0 Å². The highest BCUT2D eigenvalue weighted by Gasteiger charge is 2.18. The first-order valence-corrected chi connectivity index (χ1v) is 7.78. The Morgan fingerprint density at radius 2 is 1.95 bits per heavy atom. The number of aryl methyl sites for hydroxylation is 1. The van der Waals surface area contributed by atoms with Gasteiger partial charge in [0.05, 0.1) is 22.3 Å². The monoisotopic (exact) mass is 321 g/mol. The molecule has 3 N–H and O–H groups in total. The fourth-order valence-corrected chi connectivity index (χ4v) is 3.30. The fraction of sp³-hybridized carbons (Fsp3) is 0.0714. The number of nitrogen functional groups attached to an aromatic ring is 1. The molecule has 0 unspecified atom stereocenters. The van der Waals surface area contributed by atoms with Crippen molar-refractivity contribution in [3.63, 3.8) is 0 Å². The van der Waals surface area contributed by atoms with Crippen LogP contribution < -0.4 is 10.5 Å². The summed E-state index contributed by atoms with van der Waals surface area (Å²) in [5.41, 5.74) is 7.73. The van der Waals surface area contributed by atoms with Crippen LogP contribution in [0.25, 0.3) is 0 Å². The number of nitrogens with two attached hydrogens (primary N) is 1. The molecule has 0 aliphatic carbocycles. The summed E-state index contributed by atoms with van der Waals surface area (Å²) in [6.45, 7) is 1.82. The molecule has 0 fully saturated rings. The van der Waals surface area contributed by atoms with Crippen LogP contribution in [0.1, 0.15) is 11.1 Å². The van der Waals surface area contributed by atoms with Gasteiger partial charge < -0.3 is 5.73 Å². The van der Waals surface area contributed by atoms with E-state index in [0.717, 1.165) is 5.56 Å². The highest BCUT2D eigenvalue weighted by molar-refractivity contribution is 7.92. The minimum Gasteiger partial charge on any atom is -0.398 e. The van der Waals surface area contributed by atoms with Gasteiger partial charge in [0, 0.05) is 5.69 Å². The maximum atomic E-state index is 12.3. The van der Waals surface area contributed by atoms with Crippen molar-refractivity contribution in [2.24, 2.45) is 0 Å². The lowest BCUT2D eigenvalue weighted by Gasteiger charge is -2.11. The molecule has 0 saturated heterocycles. The van der Waals surface area contributed by atoms with Crippen LogP contribution in [0.3, 0.4) is 0 Å². The number of nitriles is 1. The van der Waals surface area contributed by atoms with E-state index in [-0.39, 0.29) is 9.92 Å². The summed E-state index contributed by atoms with van der Waals surface area (Å²) in [7, 11) is -3.85. The number of sulfonamides is 1. The molecule has 0 amide bonds. The number of anilines is 2. The third-order valence-corrected chi connectivity index (χ3v) is 4.75. The predicted octanol–water partition coefficient (Wildman–Crippen LogP) is 2.90. The second kappa shape index (κ2) is 5.64. The number of halogens is 1. The standard InChI is InChI=1S/C14H12ClN3O2S/c1-9-2-4-11(7-13(9)17)18-21(19,20)14-5-3-10(8-16)6-12(14)15/h2-7,18H,17H2,1H3. The van der Waals surface area contributed by atoms with E-state index >= 15 is 0 Å². The molecule has 2 aromatic rings. The number of hydrogen-bond acceptors (Lipinski definition) is 4. The van der Waals surface area contributed by atoms with Crippen LogP contribution in [0.4, 0.5) is 11.4 Å². The van der Waals surface area contributed by atoms with Crippen molar-refractivity contribution in [3.8, 4) is 6.07 Å². The van der Waals surface area contributed by atoms with Crippen LogP contribution in [-0.4, -0.2) is 8.42 Å². The van der Waals surface area contributed by atoms with Crippen molar-refractivity contribution in [2.75, 3.05) is 10.5 Å². The van der Waals surface area contributed by atoms with Crippen molar-refractivity contribution in [2.45, 2.75) is 11.8 Å². The molecule has 0 heterocycles. The number of benzene rings is 2. The van der Waals surface area contributed by atoms with Gasteiger partial charge in [0.25, 0.3) is 10.0 Å². The summed E-state index contributed by atoms with van der Waals surface area (Å²) < 4.78 is 27.0. The Morgan fingerprint density at radius 3 is 2.52 bits per heavy atom. The lowest BCUT2D eigenvalue weighted by molar-refractivity contribution is 0.601. The van der Waals surface area contributed by atoms with Crippen molar-refractivity contribution >= 4 is 33.0 Å². The maximum absolute atomic E-state index is 12.3. The second-order valence-corrected chi connectivity index (χ2v) is 6.49. The van der Waals surface area contributed by atoms with E-state index in [1.54, 1.807) is 12.1 Å². The third kappa shape index (κ3) is 3.27. The zero-order valence-corrected chi connectivity index (χ0v) is 12.7. The smallest absolute Gasteiger partial charge is 0.263 e. The minimum atomic E-state index is -3.85. The zero-order chi connectivity index (χ0) is 15.6. The molecule has 0 spiro atoms. The Bertz CT molecular complexity index is 842. The van der Waals surface area contributed by atoms with Crippen molar-refractivity contribution in [1.82, 2.24) is 0 Å². The quantitative estimate of drug-likeness (QED) is 0.849. The van der Waals surface area contributed by atoms with E-state index in [1.165, 1.54) is 24.3 Å². The normalized spacial score (nSPS) is 10.9. The van der Waals surface area contributed by atoms with Crippen molar-refractivity contribution < 1.29 is 8.42 Å². The van der Waals surface area contributed by atoms with E-state index in [2.05, 4.69) is 4.72 Å². The van der Waals surface area contributed by atoms with E-state index < -0.39 is 10.0 Å². The van der Waals surface area contributed by atoms with Gasteiger partial charge in [-0.2, -0.15) is 5.26 Å². The van der Waals surface area contributed by atoms with Crippen LogP contribution >= 0.6 is 11.6 Å². The van der Waals surface area contributed by atoms with Gasteiger partial charge in [-0.15, -0.1) is 0 Å². The molecule has 21 heavy (non-hydrogen) atoms. The predicted molar refractivity (Wildman–Crippen MR) is 82.6 cm³/mol. The molecule has 0 saturated carbocycles. The summed E-state index contributed by atoms with van der Waals surface area (Å²) in [5, 5.41) is 8.75. The Kier molecular flexibility index (Phi) is 4.07. The van der Waals surface area contributed by atoms with Gasteiger partial charge in [0.2, 0.25) is 0 Å². The molecule has 0 aromatic heterocycles. The van der Waals surface area contributed by atoms with Gasteiger partial charge in [-0.05, 0) is 42.8 Å². The molecule has 7 heteroatoms. The van der Waals surface area contributed by atoms with Crippen molar-refractivity contribution in [1.29, 1.82) is 5.26 Å². The first kappa shape index (κ1) is 15.2. The number of nitrogens with zero attached hydrogens (tertiary/aromatic N) is 1. The topological polar surface area (TPSA) is 96.0 Å². The van der Waals surface area contributed by atoms with Gasteiger partial charge >= 0.3 is 0 Å². The van der Waals surface area contributed by atoms with Crippen LogP contribution in [0, 0.1) is 18.3 Å². The molecule has 5 nitrogen and oxygen atoms in total. The Balaban J connectivity index is 2.38. The summed E-state index contributed by atoms with van der Waals surface area (Å²) in [6.07, 6.45) is 0. The number of hydrogen-bond donors (Lipinski definition) is 2. The summed E-state index contributed by atoms with van der Waals surface area (Å²) in [4.78, 5) is -0.0951. The average Bonchev–Trinajstić information content (AvgIpc) is 2.42. The van der Waals surface area contributed by atoms with E-state index in [0.29, 0.717) is 16.9 Å². The first-order valence-electron chi connectivity index (χ1n) is 5.92. The SMILES string of the molecule is Cc1ccc(NS(=O)(=O)c2ccc(C#N)cc2Cl)cc1N. The third-order valence-electron chi connectivity index (χ3n) is 2.88. The lowest BCUT2D eigenvalue weighted by atomic mass is 10.2. The van der Waals surface area contributed by atoms with Gasteiger partial charge in [0.1, 0.15) is 4.90 Å². The molecule has 2 rings (SSSR count). The van der Waals surface area contributed by atoms with E-state index in [9.17, 15) is 8.42 Å². The number of rotatable bonds is 3. The van der Waals surface area contributed by atoms with E-state index in [1.807, 2.05) is 13.0 Å². The molecule has 0 radical (unpaired) electrons. The maximum Gasteiger partial charge on any atom is 0.263 e. The van der Waals surface area contributed by atoms with E-state index in [4.69, 9.17) is 22.6 Å². The Labute approximate surface area is 128 Å². The van der Waals surface area contributed by atoms with Gasteiger partial charge in [-0.1, -0.05) is 17.7 Å². The summed E-state index contributed by atoms with van der Waals surface area (Å²) in [5.74, 6) is 0. The summed E-state index contributed by atoms with van der Waals surface area (Å²) in [6, 6.07) is 10.7. The molecule has 0 aliphatic heterocycles. The molecular formula is C14H12ClN3O2S. The van der Waals surface area contributed by atoms with Gasteiger partial charge in [0.15, 0.2) is 0 Å². The molecule has 2 aromatic carbocycles. The first-order chi connectivity index (χ1) is 9.83. The largest absolute Gasteiger partial charge is 0.398 e. The zero-order valence-electron chi connectivity index (χ0n) is 11.1. The van der Waals surface area contributed by atoms with Gasteiger partial charge in [-0.25, -0.2) is 8.42 Å². The van der Waals surface area contributed by atoms with Crippen LogP contribution in [0.15, 0.2) is 41.3 Å². The van der Waals surface area contributed by atoms with Crippen LogP contribution in [-0.2, 0) is 10.0 Å². The molecule has 0 aliphatic rings. The van der Waals surface area contributed by atoms with Crippen LogP contribution in [0.2, 0.25) is 5.02 Å². The molecule has 0 atom stereocenters. The van der Waals surface area contributed by atoms with Crippen molar-refractivity contribution in [3.05, 3.63) is 52.5 Å².